The van der Waals surface area contributed by atoms with E-state index in [9.17, 15) is 0 Å². The van der Waals surface area contributed by atoms with E-state index < -0.39 is 0 Å². The molecule has 0 aliphatic rings. The molecule has 0 saturated heterocycles. The van der Waals surface area contributed by atoms with Gasteiger partial charge in [-0.2, -0.15) is 0 Å². The molecular weight excluding hydrogens is 330 g/mol. The first-order valence-corrected chi connectivity index (χ1v) is 8.00. The second kappa shape index (κ2) is 6.71. The molecular formula is C14H15BrClNS. The van der Waals surface area contributed by atoms with Gasteiger partial charge < -0.3 is 5.32 Å². The summed E-state index contributed by atoms with van der Waals surface area (Å²) in [6.45, 7) is 4.08. The van der Waals surface area contributed by atoms with Gasteiger partial charge in [0.15, 0.2) is 0 Å². The van der Waals surface area contributed by atoms with Crippen LogP contribution in [-0.4, -0.2) is 6.54 Å². The van der Waals surface area contributed by atoms with Crippen molar-refractivity contribution in [3.8, 4) is 10.4 Å². The summed E-state index contributed by atoms with van der Waals surface area (Å²) in [7, 11) is 0. The Balaban J connectivity index is 2.18. The molecule has 0 fully saturated rings. The summed E-state index contributed by atoms with van der Waals surface area (Å²) in [4.78, 5) is 1.19. The van der Waals surface area contributed by atoms with Gasteiger partial charge in [0.2, 0.25) is 0 Å². The fraction of sp³-hybridized carbons (Fsp3) is 0.286. The molecule has 0 aliphatic carbocycles. The van der Waals surface area contributed by atoms with Gasteiger partial charge in [0, 0.05) is 26.5 Å². The van der Waals surface area contributed by atoms with Crippen molar-refractivity contribution >= 4 is 38.9 Å². The molecule has 96 valence electrons. The molecule has 4 heteroatoms. The van der Waals surface area contributed by atoms with Gasteiger partial charge in [-0.25, -0.2) is 0 Å². The summed E-state index contributed by atoms with van der Waals surface area (Å²) in [6.07, 6.45) is 1.15. The lowest BCUT2D eigenvalue weighted by molar-refractivity contribution is 0.675. The maximum absolute atomic E-state index is 6.36. The second-order valence-corrected chi connectivity index (χ2v) is 6.27. The zero-order chi connectivity index (χ0) is 13.0. The first kappa shape index (κ1) is 14.1. The number of benzene rings is 1. The predicted octanol–water partition coefficient (Wildman–Crippen LogP) is 5.33. The minimum atomic E-state index is 0.814. The molecule has 0 aliphatic heterocycles. The van der Waals surface area contributed by atoms with Crippen LogP contribution in [0.25, 0.3) is 10.4 Å². The first-order valence-electron chi connectivity index (χ1n) is 5.95. The van der Waals surface area contributed by atoms with E-state index in [0.29, 0.717) is 0 Å². The van der Waals surface area contributed by atoms with Gasteiger partial charge in [-0.05, 0) is 52.0 Å². The average Bonchev–Trinajstić information content (AvgIpc) is 2.76. The number of hydrogen-bond acceptors (Lipinski definition) is 2. The largest absolute Gasteiger partial charge is 0.313 e. The molecule has 1 N–H and O–H groups in total. The third-order valence-electron chi connectivity index (χ3n) is 2.65. The molecule has 1 aromatic heterocycles. The van der Waals surface area contributed by atoms with Gasteiger partial charge in [-0.15, -0.1) is 11.3 Å². The topological polar surface area (TPSA) is 12.0 Å². The van der Waals surface area contributed by atoms with Crippen LogP contribution in [0.4, 0.5) is 0 Å². The Morgan fingerprint density at radius 2 is 2.17 bits per heavy atom. The molecule has 0 atom stereocenters. The molecule has 1 nitrogen and oxygen atoms in total. The highest BCUT2D eigenvalue weighted by Crippen LogP contribution is 2.37. The highest BCUT2D eigenvalue weighted by molar-refractivity contribution is 9.10. The van der Waals surface area contributed by atoms with Crippen LogP contribution in [-0.2, 0) is 6.54 Å². The molecule has 0 amide bonds. The number of hydrogen-bond donors (Lipinski definition) is 1. The third kappa shape index (κ3) is 3.35. The van der Waals surface area contributed by atoms with E-state index in [1.807, 2.05) is 12.1 Å². The van der Waals surface area contributed by atoms with Crippen LogP contribution in [0, 0.1) is 0 Å². The smallest absolute Gasteiger partial charge is 0.0499 e. The highest BCUT2D eigenvalue weighted by atomic mass is 79.9. The van der Waals surface area contributed by atoms with E-state index >= 15 is 0 Å². The SMILES string of the molecule is CCCNCc1ccc(-c2sccc2Br)c(Cl)c1. The van der Waals surface area contributed by atoms with Crippen LogP contribution < -0.4 is 5.32 Å². The molecule has 2 rings (SSSR count). The van der Waals surface area contributed by atoms with Crippen molar-refractivity contribution < 1.29 is 0 Å². The van der Waals surface area contributed by atoms with E-state index in [1.54, 1.807) is 11.3 Å². The molecule has 1 heterocycles. The minimum Gasteiger partial charge on any atom is -0.313 e. The summed E-state index contributed by atoms with van der Waals surface area (Å²) in [5.41, 5.74) is 2.32. The van der Waals surface area contributed by atoms with Crippen molar-refractivity contribution in [3.05, 3.63) is 44.7 Å². The first-order chi connectivity index (χ1) is 8.72. The third-order valence-corrected chi connectivity index (χ3v) is 4.83. The van der Waals surface area contributed by atoms with E-state index in [4.69, 9.17) is 11.6 Å². The Bertz CT molecular complexity index is 524. The maximum atomic E-state index is 6.36. The van der Waals surface area contributed by atoms with Gasteiger partial charge >= 0.3 is 0 Å². The Kier molecular flexibility index (Phi) is 5.25. The standard InChI is InChI=1S/C14H15BrClNS/c1-2-6-17-9-10-3-4-11(13(16)8-10)14-12(15)5-7-18-14/h3-5,7-8,17H,2,6,9H2,1H3. The number of thiophene rings is 1. The zero-order valence-corrected chi connectivity index (χ0v) is 13.3. The van der Waals surface area contributed by atoms with Crippen molar-refractivity contribution in [2.75, 3.05) is 6.54 Å². The summed E-state index contributed by atoms with van der Waals surface area (Å²) in [5.74, 6) is 0. The molecule has 0 unspecified atom stereocenters. The molecule has 0 saturated carbocycles. The summed E-state index contributed by atoms with van der Waals surface area (Å²) < 4.78 is 1.10. The molecule has 2 aromatic rings. The van der Waals surface area contributed by atoms with Gasteiger partial charge in [0.1, 0.15) is 0 Å². The van der Waals surface area contributed by atoms with Gasteiger partial charge in [-0.1, -0.05) is 30.7 Å². The minimum absolute atomic E-state index is 0.814. The van der Waals surface area contributed by atoms with E-state index in [-0.39, 0.29) is 0 Å². The summed E-state index contributed by atoms with van der Waals surface area (Å²) >= 11 is 11.6. The van der Waals surface area contributed by atoms with Crippen LogP contribution in [0.2, 0.25) is 5.02 Å². The van der Waals surface area contributed by atoms with Crippen LogP contribution in [0.3, 0.4) is 0 Å². The quantitative estimate of drug-likeness (QED) is 0.723. The van der Waals surface area contributed by atoms with Crippen LogP contribution >= 0.6 is 38.9 Å². The van der Waals surface area contributed by atoms with Crippen LogP contribution in [0.1, 0.15) is 18.9 Å². The maximum Gasteiger partial charge on any atom is 0.0499 e. The average molecular weight is 345 g/mol. The Morgan fingerprint density at radius 3 is 2.78 bits per heavy atom. The van der Waals surface area contributed by atoms with Gasteiger partial charge in [0.05, 0.1) is 0 Å². The highest BCUT2D eigenvalue weighted by Gasteiger charge is 2.09. The van der Waals surface area contributed by atoms with Crippen molar-refractivity contribution in [1.29, 1.82) is 0 Å². The molecule has 0 radical (unpaired) electrons. The molecule has 0 spiro atoms. The lowest BCUT2D eigenvalue weighted by Crippen LogP contribution is -2.13. The molecule has 18 heavy (non-hydrogen) atoms. The monoisotopic (exact) mass is 343 g/mol. The Hall–Kier alpha value is -0.350. The van der Waals surface area contributed by atoms with E-state index in [2.05, 4.69) is 45.7 Å². The van der Waals surface area contributed by atoms with Crippen molar-refractivity contribution in [3.63, 3.8) is 0 Å². The Morgan fingerprint density at radius 1 is 1.33 bits per heavy atom. The van der Waals surface area contributed by atoms with Crippen molar-refractivity contribution in [2.45, 2.75) is 19.9 Å². The molecule has 1 aromatic carbocycles. The van der Waals surface area contributed by atoms with Gasteiger partial charge in [-0.3, -0.25) is 0 Å². The Labute approximate surface area is 125 Å². The lowest BCUT2D eigenvalue weighted by atomic mass is 10.1. The van der Waals surface area contributed by atoms with Crippen LogP contribution in [0.5, 0.6) is 0 Å². The predicted molar refractivity (Wildman–Crippen MR) is 84.5 cm³/mol. The van der Waals surface area contributed by atoms with Gasteiger partial charge in [0.25, 0.3) is 0 Å². The number of rotatable bonds is 5. The molecule has 0 bridgehead atoms. The summed E-state index contributed by atoms with van der Waals surface area (Å²) in [6, 6.07) is 8.33. The fourth-order valence-electron chi connectivity index (χ4n) is 1.75. The van der Waals surface area contributed by atoms with Crippen molar-refractivity contribution in [1.82, 2.24) is 5.32 Å². The normalized spacial score (nSPS) is 10.8. The van der Waals surface area contributed by atoms with Crippen molar-refractivity contribution in [2.24, 2.45) is 0 Å². The van der Waals surface area contributed by atoms with E-state index in [1.165, 1.54) is 10.4 Å². The number of halogens is 2. The van der Waals surface area contributed by atoms with E-state index in [0.717, 1.165) is 34.6 Å². The summed E-state index contributed by atoms with van der Waals surface area (Å²) in [5, 5.41) is 6.25. The second-order valence-electron chi connectivity index (χ2n) is 4.09. The zero-order valence-electron chi connectivity index (χ0n) is 10.2. The number of nitrogens with one attached hydrogen (secondary N) is 1. The van der Waals surface area contributed by atoms with Crippen LogP contribution in [0.15, 0.2) is 34.1 Å². The lowest BCUT2D eigenvalue weighted by Gasteiger charge is -2.07. The fourth-order valence-corrected chi connectivity index (χ4v) is 3.73.